The first-order valence-electron chi connectivity index (χ1n) is 6.99. The Bertz CT molecular complexity index is 563. The third kappa shape index (κ3) is 5.84. The highest BCUT2D eigenvalue weighted by atomic mass is 16.6. The SMILES string of the molecule is O=C(OCCOCCOC(=O)c1cccnc1)c1cccnc1. The van der Waals surface area contributed by atoms with Crippen molar-refractivity contribution in [3.8, 4) is 0 Å². The lowest BCUT2D eigenvalue weighted by atomic mass is 10.3. The van der Waals surface area contributed by atoms with Crippen molar-refractivity contribution in [3.63, 3.8) is 0 Å². The van der Waals surface area contributed by atoms with Gasteiger partial charge in [0.1, 0.15) is 13.2 Å². The average Bonchev–Trinajstić information content (AvgIpc) is 2.62. The van der Waals surface area contributed by atoms with Crippen LogP contribution in [-0.4, -0.2) is 48.3 Å². The molecule has 0 aliphatic heterocycles. The molecule has 0 N–H and O–H groups in total. The van der Waals surface area contributed by atoms with Crippen molar-refractivity contribution in [3.05, 3.63) is 60.2 Å². The van der Waals surface area contributed by atoms with Crippen LogP contribution in [0, 0.1) is 0 Å². The highest BCUT2D eigenvalue weighted by Crippen LogP contribution is 1.99. The van der Waals surface area contributed by atoms with Gasteiger partial charge in [-0.1, -0.05) is 0 Å². The van der Waals surface area contributed by atoms with Gasteiger partial charge in [-0.25, -0.2) is 9.59 Å². The first-order chi connectivity index (χ1) is 11.3. The van der Waals surface area contributed by atoms with E-state index < -0.39 is 11.9 Å². The second-order valence-corrected chi connectivity index (χ2v) is 4.37. The number of carbonyl (C=O) groups excluding carboxylic acids is 2. The molecule has 0 saturated carbocycles. The second-order valence-electron chi connectivity index (χ2n) is 4.37. The van der Waals surface area contributed by atoms with Crippen LogP contribution < -0.4 is 0 Å². The number of hydrogen-bond donors (Lipinski definition) is 0. The standard InChI is InChI=1S/C16H16N2O5/c19-15(13-3-1-5-17-11-13)22-9-7-21-8-10-23-16(20)14-4-2-6-18-12-14/h1-6,11-12H,7-10H2. The van der Waals surface area contributed by atoms with Crippen LogP contribution >= 0.6 is 0 Å². The van der Waals surface area contributed by atoms with E-state index in [1.54, 1.807) is 36.7 Å². The molecule has 2 aromatic rings. The monoisotopic (exact) mass is 316 g/mol. The van der Waals surface area contributed by atoms with Gasteiger partial charge in [-0.05, 0) is 24.3 Å². The van der Waals surface area contributed by atoms with Gasteiger partial charge in [-0.3, -0.25) is 9.97 Å². The molecule has 0 saturated heterocycles. The van der Waals surface area contributed by atoms with E-state index in [2.05, 4.69) is 9.97 Å². The Hall–Kier alpha value is -2.80. The topological polar surface area (TPSA) is 87.6 Å². The second kappa shape index (κ2) is 9.26. The Morgan fingerprint density at radius 3 is 1.65 bits per heavy atom. The zero-order valence-corrected chi connectivity index (χ0v) is 12.4. The third-order valence-electron chi connectivity index (χ3n) is 2.72. The van der Waals surface area contributed by atoms with Crippen molar-refractivity contribution in [1.29, 1.82) is 0 Å². The van der Waals surface area contributed by atoms with Crippen LogP contribution in [0.1, 0.15) is 20.7 Å². The number of nitrogens with zero attached hydrogens (tertiary/aromatic N) is 2. The van der Waals surface area contributed by atoms with Crippen LogP contribution in [0.25, 0.3) is 0 Å². The van der Waals surface area contributed by atoms with Crippen molar-refractivity contribution >= 4 is 11.9 Å². The lowest BCUT2D eigenvalue weighted by Gasteiger charge is -2.07. The lowest BCUT2D eigenvalue weighted by Crippen LogP contribution is -2.15. The van der Waals surface area contributed by atoms with Crippen LogP contribution in [-0.2, 0) is 14.2 Å². The maximum atomic E-state index is 11.6. The summed E-state index contributed by atoms with van der Waals surface area (Å²) in [5, 5.41) is 0. The van der Waals surface area contributed by atoms with Crippen LogP contribution in [0.3, 0.4) is 0 Å². The smallest absolute Gasteiger partial charge is 0.339 e. The lowest BCUT2D eigenvalue weighted by molar-refractivity contribution is 0.0150. The largest absolute Gasteiger partial charge is 0.460 e. The van der Waals surface area contributed by atoms with Crippen LogP contribution in [0.5, 0.6) is 0 Å². The molecule has 7 heteroatoms. The molecule has 0 unspecified atom stereocenters. The maximum absolute atomic E-state index is 11.6. The molecule has 2 heterocycles. The molecule has 0 radical (unpaired) electrons. The van der Waals surface area contributed by atoms with Crippen LogP contribution in [0.4, 0.5) is 0 Å². The summed E-state index contributed by atoms with van der Waals surface area (Å²) < 4.78 is 15.2. The van der Waals surface area contributed by atoms with Gasteiger partial charge in [0.25, 0.3) is 0 Å². The number of ether oxygens (including phenoxy) is 3. The Labute approximate surface area is 133 Å². The first kappa shape index (κ1) is 16.6. The number of pyridine rings is 2. The van der Waals surface area contributed by atoms with Crippen molar-refractivity contribution in [2.24, 2.45) is 0 Å². The summed E-state index contributed by atoms with van der Waals surface area (Å²) in [5.74, 6) is -0.908. The molecule has 0 spiro atoms. The Balaban J connectivity index is 1.53. The van der Waals surface area contributed by atoms with E-state index in [-0.39, 0.29) is 26.4 Å². The minimum atomic E-state index is -0.454. The number of esters is 2. The molecule has 0 bridgehead atoms. The summed E-state index contributed by atoms with van der Waals surface area (Å²) in [5.41, 5.74) is 0.774. The molecule has 0 atom stereocenters. The molecule has 0 aromatic carbocycles. The Morgan fingerprint density at radius 1 is 0.783 bits per heavy atom. The van der Waals surface area contributed by atoms with E-state index in [0.717, 1.165) is 0 Å². The number of rotatable bonds is 8. The molecule has 0 fully saturated rings. The summed E-state index contributed by atoms with van der Waals surface area (Å²) >= 11 is 0. The fourth-order valence-electron chi connectivity index (χ4n) is 1.62. The van der Waals surface area contributed by atoms with E-state index in [9.17, 15) is 9.59 Å². The first-order valence-corrected chi connectivity index (χ1v) is 6.99. The summed E-state index contributed by atoms with van der Waals surface area (Å²) in [6, 6.07) is 6.55. The van der Waals surface area contributed by atoms with Gasteiger partial charge in [-0.2, -0.15) is 0 Å². The summed E-state index contributed by atoms with van der Waals surface area (Å²) in [7, 11) is 0. The number of carbonyl (C=O) groups is 2. The van der Waals surface area contributed by atoms with Crippen LogP contribution in [0.15, 0.2) is 49.1 Å². The minimum Gasteiger partial charge on any atom is -0.460 e. The molecular formula is C16H16N2O5. The molecule has 2 aromatic heterocycles. The summed E-state index contributed by atoms with van der Waals surface area (Å²) in [6.45, 7) is 0.668. The van der Waals surface area contributed by atoms with Gasteiger partial charge < -0.3 is 14.2 Å². The van der Waals surface area contributed by atoms with Gasteiger partial charge in [-0.15, -0.1) is 0 Å². The fourth-order valence-corrected chi connectivity index (χ4v) is 1.62. The van der Waals surface area contributed by atoms with E-state index in [1.807, 2.05) is 0 Å². The molecule has 0 aliphatic carbocycles. The number of aromatic nitrogens is 2. The van der Waals surface area contributed by atoms with Gasteiger partial charge >= 0.3 is 11.9 Å². The molecule has 120 valence electrons. The summed E-state index contributed by atoms with van der Waals surface area (Å²) in [4.78, 5) is 30.8. The molecule has 0 amide bonds. The fraction of sp³-hybridized carbons (Fsp3) is 0.250. The Kier molecular flexibility index (Phi) is 6.67. The maximum Gasteiger partial charge on any atom is 0.339 e. The van der Waals surface area contributed by atoms with Gasteiger partial charge in [0.05, 0.1) is 24.3 Å². The third-order valence-corrected chi connectivity index (χ3v) is 2.72. The highest BCUT2D eigenvalue weighted by Gasteiger charge is 2.07. The number of hydrogen-bond acceptors (Lipinski definition) is 7. The van der Waals surface area contributed by atoms with Gasteiger partial charge in [0, 0.05) is 24.8 Å². The molecule has 2 rings (SSSR count). The molecule has 0 aliphatic rings. The average molecular weight is 316 g/mol. The molecular weight excluding hydrogens is 300 g/mol. The summed E-state index contributed by atoms with van der Waals surface area (Å²) in [6.07, 6.45) is 6.02. The zero-order chi connectivity index (χ0) is 16.3. The Morgan fingerprint density at radius 2 is 1.26 bits per heavy atom. The van der Waals surface area contributed by atoms with E-state index in [4.69, 9.17) is 14.2 Å². The zero-order valence-electron chi connectivity index (χ0n) is 12.4. The van der Waals surface area contributed by atoms with Crippen molar-refractivity contribution in [2.45, 2.75) is 0 Å². The normalized spacial score (nSPS) is 10.1. The van der Waals surface area contributed by atoms with E-state index in [0.29, 0.717) is 11.1 Å². The quantitative estimate of drug-likeness (QED) is 0.539. The van der Waals surface area contributed by atoms with E-state index >= 15 is 0 Å². The van der Waals surface area contributed by atoms with Crippen molar-refractivity contribution in [2.75, 3.05) is 26.4 Å². The minimum absolute atomic E-state index is 0.115. The predicted molar refractivity (Wildman–Crippen MR) is 79.9 cm³/mol. The molecule has 7 nitrogen and oxygen atoms in total. The van der Waals surface area contributed by atoms with Crippen molar-refractivity contribution in [1.82, 2.24) is 9.97 Å². The highest BCUT2D eigenvalue weighted by molar-refractivity contribution is 5.89. The van der Waals surface area contributed by atoms with Crippen LogP contribution in [0.2, 0.25) is 0 Å². The van der Waals surface area contributed by atoms with E-state index in [1.165, 1.54) is 12.4 Å². The predicted octanol–water partition coefficient (Wildman–Crippen LogP) is 1.51. The van der Waals surface area contributed by atoms with Crippen molar-refractivity contribution < 1.29 is 23.8 Å². The molecule has 23 heavy (non-hydrogen) atoms. The van der Waals surface area contributed by atoms with Gasteiger partial charge in [0.15, 0.2) is 0 Å². The van der Waals surface area contributed by atoms with Gasteiger partial charge in [0.2, 0.25) is 0 Å².